The van der Waals surface area contributed by atoms with E-state index in [4.69, 9.17) is 5.73 Å². The summed E-state index contributed by atoms with van der Waals surface area (Å²) in [4.78, 5) is 2.63. The fourth-order valence-electron chi connectivity index (χ4n) is 2.26. The molecule has 0 spiro atoms. The lowest BCUT2D eigenvalue weighted by molar-refractivity contribution is 0.116. The molecule has 0 aromatic carbocycles. The van der Waals surface area contributed by atoms with Gasteiger partial charge in [-0.1, -0.05) is 13.8 Å². The summed E-state index contributed by atoms with van der Waals surface area (Å²) in [6.45, 7) is 7.78. The predicted molar refractivity (Wildman–Crippen MR) is 65.9 cm³/mol. The highest BCUT2D eigenvalue weighted by Gasteiger charge is 2.37. The number of thioether (sulfide) groups is 1. The zero-order valence-electron chi connectivity index (χ0n) is 9.59. The van der Waals surface area contributed by atoms with Gasteiger partial charge in [-0.2, -0.15) is 11.8 Å². The van der Waals surface area contributed by atoms with Crippen LogP contribution in [0.2, 0.25) is 0 Å². The predicted octanol–water partition coefficient (Wildman–Crippen LogP) is 1.94. The van der Waals surface area contributed by atoms with Crippen molar-refractivity contribution in [2.45, 2.75) is 38.6 Å². The van der Waals surface area contributed by atoms with E-state index < -0.39 is 0 Å². The minimum Gasteiger partial charge on any atom is -0.329 e. The molecule has 1 aliphatic heterocycles. The topological polar surface area (TPSA) is 29.3 Å². The number of nitrogens with two attached hydrogens (primary N) is 1. The van der Waals surface area contributed by atoms with Crippen LogP contribution in [0.5, 0.6) is 0 Å². The van der Waals surface area contributed by atoms with Crippen LogP contribution < -0.4 is 5.73 Å². The van der Waals surface area contributed by atoms with E-state index in [-0.39, 0.29) is 0 Å². The van der Waals surface area contributed by atoms with Gasteiger partial charge in [0.2, 0.25) is 0 Å². The molecule has 1 aliphatic rings. The monoisotopic (exact) mass is 216 g/mol. The van der Waals surface area contributed by atoms with Crippen LogP contribution in [0.3, 0.4) is 0 Å². The molecule has 84 valence electrons. The minimum absolute atomic E-state index is 0.330. The summed E-state index contributed by atoms with van der Waals surface area (Å²) in [5, 5.41) is 0. The lowest BCUT2D eigenvalue weighted by Gasteiger charge is -2.40. The number of hydrogen-bond donors (Lipinski definition) is 1. The maximum absolute atomic E-state index is 5.98. The van der Waals surface area contributed by atoms with E-state index >= 15 is 0 Å². The molecule has 0 amide bonds. The Balaban J connectivity index is 2.61. The Kier molecular flexibility index (Phi) is 5.28. The van der Waals surface area contributed by atoms with Crippen LogP contribution in [0, 0.1) is 0 Å². The largest absolute Gasteiger partial charge is 0.329 e. The van der Waals surface area contributed by atoms with Crippen LogP contribution >= 0.6 is 11.8 Å². The lowest BCUT2D eigenvalue weighted by atomic mass is 9.96. The van der Waals surface area contributed by atoms with Gasteiger partial charge in [0.1, 0.15) is 0 Å². The zero-order chi connectivity index (χ0) is 10.4. The molecule has 14 heavy (non-hydrogen) atoms. The summed E-state index contributed by atoms with van der Waals surface area (Å²) in [7, 11) is 0. The smallest absolute Gasteiger partial charge is 0.0429 e. The molecule has 1 unspecified atom stereocenters. The molecule has 3 heteroatoms. The van der Waals surface area contributed by atoms with Gasteiger partial charge in [0.15, 0.2) is 0 Å². The quantitative estimate of drug-likeness (QED) is 0.736. The third kappa shape index (κ3) is 2.65. The van der Waals surface area contributed by atoms with E-state index in [1.54, 1.807) is 0 Å². The highest BCUT2D eigenvalue weighted by Crippen LogP contribution is 2.32. The molecule has 0 aliphatic carbocycles. The normalized spacial score (nSPS) is 27.4. The number of nitrogens with zero attached hydrogens (tertiary/aromatic N) is 1. The van der Waals surface area contributed by atoms with Crippen molar-refractivity contribution in [3.63, 3.8) is 0 Å². The number of hydrogen-bond acceptors (Lipinski definition) is 3. The molecule has 2 N–H and O–H groups in total. The first-order valence-corrected chi connectivity index (χ1v) is 6.97. The summed E-state index contributed by atoms with van der Waals surface area (Å²) in [5.74, 6) is 2.53. The molecule has 0 saturated carbocycles. The average molecular weight is 216 g/mol. The summed E-state index contributed by atoms with van der Waals surface area (Å²) in [6, 6.07) is 0. The van der Waals surface area contributed by atoms with Crippen LogP contribution in [0.25, 0.3) is 0 Å². The molecule has 0 bridgehead atoms. The molecule has 0 radical (unpaired) electrons. The molecule has 0 aromatic heterocycles. The molecule has 1 saturated heterocycles. The van der Waals surface area contributed by atoms with E-state index in [0.29, 0.717) is 5.54 Å². The van der Waals surface area contributed by atoms with Crippen molar-refractivity contribution in [1.29, 1.82) is 0 Å². The summed E-state index contributed by atoms with van der Waals surface area (Å²) in [6.07, 6.45) is 3.77. The van der Waals surface area contributed by atoms with Gasteiger partial charge in [-0.15, -0.1) is 0 Å². The maximum atomic E-state index is 5.98. The molecule has 1 fully saturated rings. The van der Waals surface area contributed by atoms with Crippen LogP contribution in [-0.2, 0) is 0 Å². The molecule has 1 atom stereocenters. The van der Waals surface area contributed by atoms with Gasteiger partial charge >= 0.3 is 0 Å². The highest BCUT2D eigenvalue weighted by atomic mass is 32.2. The van der Waals surface area contributed by atoms with Crippen molar-refractivity contribution in [1.82, 2.24) is 4.90 Å². The Hall–Kier alpha value is 0.270. The Morgan fingerprint density at radius 1 is 1.29 bits per heavy atom. The first kappa shape index (κ1) is 12.3. The SMILES string of the molecule is CCCN(CCC)C1(CN)CCSC1. The fourth-order valence-corrected chi connectivity index (χ4v) is 3.76. The Labute approximate surface area is 92.6 Å². The van der Waals surface area contributed by atoms with Crippen LogP contribution in [0.4, 0.5) is 0 Å². The molecule has 1 rings (SSSR count). The van der Waals surface area contributed by atoms with Crippen LogP contribution in [-0.4, -0.2) is 41.6 Å². The van der Waals surface area contributed by atoms with E-state index in [1.165, 1.54) is 43.9 Å². The van der Waals surface area contributed by atoms with Crippen molar-refractivity contribution in [3.8, 4) is 0 Å². The first-order valence-electron chi connectivity index (χ1n) is 5.82. The molecule has 0 aromatic rings. The maximum Gasteiger partial charge on any atom is 0.0429 e. The van der Waals surface area contributed by atoms with E-state index in [2.05, 4.69) is 30.5 Å². The average Bonchev–Trinajstić information content (AvgIpc) is 2.67. The highest BCUT2D eigenvalue weighted by molar-refractivity contribution is 7.99. The summed E-state index contributed by atoms with van der Waals surface area (Å²) >= 11 is 2.06. The van der Waals surface area contributed by atoms with E-state index in [1.807, 2.05) is 0 Å². The first-order chi connectivity index (χ1) is 6.79. The van der Waals surface area contributed by atoms with Crippen molar-refractivity contribution >= 4 is 11.8 Å². The van der Waals surface area contributed by atoms with E-state index in [0.717, 1.165) is 6.54 Å². The van der Waals surface area contributed by atoms with Crippen LogP contribution in [0.1, 0.15) is 33.1 Å². The van der Waals surface area contributed by atoms with Crippen molar-refractivity contribution in [2.75, 3.05) is 31.1 Å². The Morgan fingerprint density at radius 2 is 1.93 bits per heavy atom. The van der Waals surface area contributed by atoms with E-state index in [9.17, 15) is 0 Å². The fraction of sp³-hybridized carbons (Fsp3) is 1.00. The third-order valence-electron chi connectivity index (χ3n) is 3.12. The van der Waals surface area contributed by atoms with Crippen molar-refractivity contribution in [2.24, 2.45) is 5.73 Å². The van der Waals surface area contributed by atoms with Crippen molar-refractivity contribution in [3.05, 3.63) is 0 Å². The molecule has 1 heterocycles. The Bertz CT molecular complexity index is 149. The standard InChI is InChI=1S/C11H24N2S/c1-3-6-13(7-4-2)11(9-12)5-8-14-10-11/h3-10,12H2,1-2H3. The van der Waals surface area contributed by atoms with Gasteiger partial charge in [0, 0.05) is 17.8 Å². The zero-order valence-corrected chi connectivity index (χ0v) is 10.4. The second-order valence-electron chi connectivity index (χ2n) is 4.22. The second kappa shape index (κ2) is 5.99. The minimum atomic E-state index is 0.330. The molecular formula is C11H24N2S. The summed E-state index contributed by atoms with van der Waals surface area (Å²) < 4.78 is 0. The summed E-state index contributed by atoms with van der Waals surface area (Å²) in [5.41, 5.74) is 6.31. The number of rotatable bonds is 6. The van der Waals surface area contributed by atoms with Gasteiger partial charge in [-0.3, -0.25) is 4.90 Å². The Morgan fingerprint density at radius 3 is 2.29 bits per heavy atom. The van der Waals surface area contributed by atoms with Crippen molar-refractivity contribution < 1.29 is 0 Å². The van der Waals surface area contributed by atoms with Gasteiger partial charge in [-0.05, 0) is 38.1 Å². The molecule has 2 nitrogen and oxygen atoms in total. The van der Waals surface area contributed by atoms with Gasteiger partial charge in [0.05, 0.1) is 0 Å². The molecular weight excluding hydrogens is 192 g/mol. The second-order valence-corrected chi connectivity index (χ2v) is 5.32. The van der Waals surface area contributed by atoms with Gasteiger partial charge < -0.3 is 5.73 Å². The van der Waals surface area contributed by atoms with Gasteiger partial charge in [-0.25, -0.2) is 0 Å². The lowest BCUT2D eigenvalue weighted by Crippen LogP contribution is -2.54. The van der Waals surface area contributed by atoms with Gasteiger partial charge in [0.25, 0.3) is 0 Å². The third-order valence-corrected chi connectivity index (χ3v) is 4.35. The van der Waals surface area contributed by atoms with Crippen LogP contribution in [0.15, 0.2) is 0 Å².